The van der Waals surface area contributed by atoms with Crippen LogP contribution in [-0.2, 0) is 6.42 Å². The van der Waals surface area contributed by atoms with Crippen molar-refractivity contribution in [3.8, 4) is 5.69 Å². The molecule has 1 aromatic carbocycles. The molecule has 19 heavy (non-hydrogen) atoms. The van der Waals surface area contributed by atoms with Gasteiger partial charge in [0.2, 0.25) is 0 Å². The van der Waals surface area contributed by atoms with Crippen LogP contribution in [0, 0.1) is 5.92 Å². The maximum Gasteiger partial charge on any atom is 0.158 e. The van der Waals surface area contributed by atoms with Gasteiger partial charge in [-0.25, -0.2) is 0 Å². The molecule has 1 heterocycles. The first-order valence-electron chi connectivity index (χ1n) is 6.78. The van der Waals surface area contributed by atoms with E-state index in [1.807, 2.05) is 30.3 Å². The topological polar surface area (TPSA) is 69.6 Å². The predicted molar refractivity (Wildman–Crippen MR) is 72.8 cm³/mol. The second kappa shape index (κ2) is 4.74. The van der Waals surface area contributed by atoms with Crippen molar-refractivity contribution in [3.63, 3.8) is 0 Å². The van der Waals surface area contributed by atoms with Crippen molar-refractivity contribution in [1.82, 2.24) is 20.2 Å². The minimum atomic E-state index is -0.152. The smallest absolute Gasteiger partial charge is 0.158 e. The Kier molecular flexibility index (Phi) is 3.06. The van der Waals surface area contributed by atoms with Gasteiger partial charge >= 0.3 is 0 Å². The van der Waals surface area contributed by atoms with Gasteiger partial charge in [0, 0.05) is 12.0 Å². The summed E-state index contributed by atoms with van der Waals surface area (Å²) in [4.78, 5) is 0. The summed E-state index contributed by atoms with van der Waals surface area (Å²) < 4.78 is 1.79. The van der Waals surface area contributed by atoms with Crippen LogP contribution < -0.4 is 5.73 Å². The lowest BCUT2D eigenvalue weighted by atomic mass is 9.93. The van der Waals surface area contributed by atoms with E-state index in [1.54, 1.807) is 4.68 Å². The summed E-state index contributed by atoms with van der Waals surface area (Å²) in [6.07, 6.45) is 4.03. The third-order valence-electron chi connectivity index (χ3n) is 3.94. The van der Waals surface area contributed by atoms with Crippen molar-refractivity contribution >= 4 is 0 Å². The summed E-state index contributed by atoms with van der Waals surface area (Å²) >= 11 is 0. The molecule has 0 saturated heterocycles. The lowest BCUT2D eigenvalue weighted by molar-refractivity contribution is 0.407. The molecule has 2 unspecified atom stereocenters. The van der Waals surface area contributed by atoms with Gasteiger partial charge in [-0.2, -0.15) is 4.68 Å². The Morgan fingerprint density at radius 2 is 2.16 bits per heavy atom. The van der Waals surface area contributed by atoms with E-state index in [1.165, 1.54) is 6.42 Å². The highest BCUT2D eigenvalue weighted by Crippen LogP contribution is 2.34. The molecule has 1 aliphatic carbocycles. The Labute approximate surface area is 112 Å². The summed E-state index contributed by atoms with van der Waals surface area (Å²) in [5.41, 5.74) is 7.31. The highest BCUT2D eigenvalue weighted by molar-refractivity contribution is 5.30. The summed E-state index contributed by atoms with van der Waals surface area (Å²) in [5.74, 6) is 1.55. The molecule has 1 aromatic heterocycles. The van der Waals surface area contributed by atoms with E-state index in [0.717, 1.165) is 30.8 Å². The molecular weight excluding hydrogens is 238 g/mol. The van der Waals surface area contributed by atoms with Gasteiger partial charge < -0.3 is 5.73 Å². The molecule has 0 spiro atoms. The summed E-state index contributed by atoms with van der Waals surface area (Å²) in [6, 6.07) is 9.95. The van der Waals surface area contributed by atoms with Gasteiger partial charge in [-0.3, -0.25) is 0 Å². The number of hydrogen-bond acceptors (Lipinski definition) is 4. The average Bonchev–Trinajstić information content (AvgIpc) is 2.98. The van der Waals surface area contributed by atoms with E-state index in [2.05, 4.69) is 22.4 Å². The van der Waals surface area contributed by atoms with Crippen molar-refractivity contribution < 1.29 is 0 Å². The van der Waals surface area contributed by atoms with Crippen molar-refractivity contribution in [2.75, 3.05) is 0 Å². The predicted octanol–water partition coefficient (Wildman–Crippen LogP) is 1.72. The molecular formula is C14H19N5. The number of tetrazole rings is 1. The molecule has 1 fully saturated rings. The number of benzene rings is 1. The Morgan fingerprint density at radius 3 is 2.84 bits per heavy atom. The van der Waals surface area contributed by atoms with Gasteiger partial charge in [-0.1, -0.05) is 25.1 Å². The summed E-state index contributed by atoms with van der Waals surface area (Å²) in [6.45, 7) is 2.26. The molecule has 2 aromatic rings. The second-order valence-corrected chi connectivity index (χ2v) is 5.73. The molecule has 1 saturated carbocycles. The zero-order valence-corrected chi connectivity index (χ0v) is 11.2. The van der Waals surface area contributed by atoms with Crippen LogP contribution in [0.25, 0.3) is 5.69 Å². The van der Waals surface area contributed by atoms with Crippen molar-refractivity contribution in [2.45, 2.75) is 38.1 Å². The standard InChI is InChI=1S/C14H19N5/c1-11-7-8-14(15,9-11)10-13-16-17-18-19(13)12-5-3-2-4-6-12/h2-6,11H,7-10,15H2,1H3. The third-order valence-corrected chi connectivity index (χ3v) is 3.94. The van der Waals surface area contributed by atoms with Gasteiger partial charge in [0.05, 0.1) is 5.69 Å². The number of hydrogen-bond donors (Lipinski definition) is 1. The molecule has 2 N–H and O–H groups in total. The molecule has 1 aliphatic rings. The van der Waals surface area contributed by atoms with Gasteiger partial charge in [0.25, 0.3) is 0 Å². The Morgan fingerprint density at radius 1 is 1.37 bits per heavy atom. The number of nitrogens with two attached hydrogens (primary N) is 1. The summed E-state index contributed by atoms with van der Waals surface area (Å²) in [5, 5.41) is 12.0. The van der Waals surface area contributed by atoms with Crippen molar-refractivity contribution in [1.29, 1.82) is 0 Å². The fourth-order valence-corrected chi connectivity index (χ4v) is 2.99. The zero-order chi connectivity index (χ0) is 13.3. The SMILES string of the molecule is CC1CCC(N)(Cc2nnnn2-c2ccccc2)C1. The molecule has 100 valence electrons. The van der Waals surface area contributed by atoms with Crippen LogP contribution in [0.15, 0.2) is 30.3 Å². The number of para-hydroxylation sites is 1. The average molecular weight is 257 g/mol. The van der Waals surface area contributed by atoms with E-state index in [0.29, 0.717) is 5.92 Å². The van der Waals surface area contributed by atoms with E-state index in [-0.39, 0.29) is 5.54 Å². The molecule has 3 rings (SSSR count). The Hall–Kier alpha value is -1.75. The van der Waals surface area contributed by atoms with Crippen LogP contribution >= 0.6 is 0 Å². The maximum atomic E-state index is 6.48. The fourth-order valence-electron chi connectivity index (χ4n) is 2.99. The van der Waals surface area contributed by atoms with Crippen LogP contribution in [-0.4, -0.2) is 25.7 Å². The van der Waals surface area contributed by atoms with Gasteiger partial charge in [0.15, 0.2) is 5.82 Å². The van der Waals surface area contributed by atoms with Gasteiger partial charge in [-0.15, -0.1) is 5.10 Å². The molecule has 5 nitrogen and oxygen atoms in total. The lowest BCUT2D eigenvalue weighted by Gasteiger charge is -2.23. The highest BCUT2D eigenvalue weighted by Gasteiger charge is 2.35. The fraction of sp³-hybridized carbons (Fsp3) is 0.500. The highest BCUT2D eigenvalue weighted by atomic mass is 15.5. The van der Waals surface area contributed by atoms with Crippen LogP contribution in [0.2, 0.25) is 0 Å². The second-order valence-electron chi connectivity index (χ2n) is 5.73. The molecule has 0 aliphatic heterocycles. The Balaban J connectivity index is 1.85. The monoisotopic (exact) mass is 257 g/mol. The maximum absolute atomic E-state index is 6.48. The number of aromatic nitrogens is 4. The first kappa shape index (κ1) is 12.3. The zero-order valence-electron chi connectivity index (χ0n) is 11.2. The number of rotatable bonds is 3. The van der Waals surface area contributed by atoms with Crippen molar-refractivity contribution in [3.05, 3.63) is 36.2 Å². The minimum absolute atomic E-state index is 0.152. The first-order chi connectivity index (χ1) is 9.16. The molecule has 0 amide bonds. The van der Waals surface area contributed by atoms with E-state index in [4.69, 9.17) is 5.73 Å². The lowest BCUT2D eigenvalue weighted by Crippen LogP contribution is -2.40. The molecule has 0 bridgehead atoms. The van der Waals surface area contributed by atoms with Crippen LogP contribution in [0.4, 0.5) is 0 Å². The quantitative estimate of drug-likeness (QED) is 0.909. The molecule has 5 heteroatoms. The van der Waals surface area contributed by atoms with Gasteiger partial charge in [-0.05, 0) is 47.7 Å². The largest absolute Gasteiger partial charge is 0.325 e. The van der Waals surface area contributed by atoms with E-state index in [9.17, 15) is 0 Å². The van der Waals surface area contributed by atoms with Crippen molar-refractivity contribution in [2.24, 2.45) is 11.7 Å². The third kappa shape index (κ3) is 2.51. The summed E-state index contributed by atoms with van der Waals surface area (Å²) in [7, 11) is 0. The van der Waals surface area contributed by atoms with Gasteiger partial charge in [0.1, 0.15) is 0 Å². The van der Waals surface area contributed by atoms with Crippen LogP contribution in [0.5, 0.6) is 0 Å². The minimum Gasteiger partial charge on any atom is -0.325 e. The first-order valence-corrected chi connectivity index (χ1v) is 6.78. The molecule has 2 atom stereocenters. The van der Waals surface area contributed by atoms with E-state index >= 15 is 0 Å². The molecule has 0 radical (unpaired) electrons. The van der Waals surface area contributed by atoms with Crippen LogP contribution in [0.1, 0.15) is 32.0 Å². The Bertz CT molecular complexity index is 550. The van der Waals surface area contributed by atoms with E-state index < -0.39 is 0 Å². The normalized spacial score (nSPS) is 26.7. The number of nitrogens with zero attached hydrogens (tertiary/aromatic N) is 4. The van der Waals surface area contributed by atoms with Crippen LogP contribution in [0.3, 0.4) is 0 Å².